The standard InChI is InChI=1S/C15H9Cl2F2N3O2/c1-7-15(20-8-2-3-9(16)10(17)4-8)22(24)14-6-12(19)11(18)5-13(14)21(7)23/h2-6,20H,1H3. The fourth-order valence-corrected chi connectivity index (χ4v) is 2.55. The molecule has 0 fully saturated rings. The summed E-state index contributed by atoms with van der Waals surface area (Å²) in [4.78, 5) is 0. The van der Waals surface area contributed by atoms with E-state index in [-0.39, 0.29) is 27.6 Å². The first-order chi connectivity index (χ1) is 11.3. The number of fused-ring (bicyclic) bond motifs is 1. The molecule has 0 aliphatic rings. The number of nitrogens with one attached hydrogen (secondary N) is 1. The minimum atomic E-state index is -1.23. The topological polar surface area (TPSA) is 65.9 Å². The van der Waals surface area contributed by atoms with Crippen LogP contribution in [0.1, 0.15) is 5.69 Å². The van der Waals surface area contributed by atoms with Crippen molar-refractivity contribution in [2.24, 2.45) is 0 Å². The van der Waals surface area contributed by atoms with E-state index < -0.39 is 11.6 Å². The van der Waals surface area contributed by atoms with Gasteiger partial charge in [0.05, 0.1) is 16.1 Å². The lowest BCUT2D eigenvalue weighted by atomic mass is 10.2. The van der Waals surface area contributed by atoms with E-state index >= 15 is 0 Å². The zero-order valence-corrected chi connectivity index (χ0v) is 13.6. The molecule has 1 heterocycles. The van der Waals surface area contributed by atoms with Crippen molar-refractivity contribution >= 4 is 45.7 Å². The van der Waals surface area contributed by atoms with Gasteiger partial charge in [0.1, 0.15) is 5.69 Å². The van der Waals surface area contributed by atoms with Gasteiger partial charge in [-0.15, -0.1) is 0 Å². The number of hydrogen-bond acceptors (Lipinski definition) is 3. The van der Waals surface area contributed by atoms with Crippen LogP contribution < -0.4 is 14.8 Å². The van der Waals surface area contributed by atoms with E-state index in [0.717, 1.165) is 0 Å². The first kappa shape index (κ1) is 16.5. The highest BCUT2D eigenvalue weighted by Crippen LogP contribution is 2.27. The molecular formula is C15H9Cl2F2N3O2. The molecule has 24 heavy (non-hydrogen) atoms. The molecule has 0 aliphatic heterocycles. The lowest BCUT2D eigenvalue weighted by molar-refractivity contribution is -0.623. The Bertz CT molecular complexity index is 983. The summed E-state index contributed by atoms with van der Waals surface area (Å²) in [5.41, 5.74) is -0.202. The second kappa shape index (κ2) is 5.92. The van der Waals surface area contributed by atoms with Gasteiger partial charge in [-0.1, -0.05) is 23.2 Å². The maximum absolute atomic E-state index is 13.4. The maximum atomic E-state index is 13.4. The minimum Gasteiger partial charge on any atom is -0.710 e. The second-order valence-corrected chi connectivity index (χ2v) is 5.85. The summed E-state index contributed by atoms with van der Waals surface area (Å²) in [6, 6.07) is 5.89. The normalized spacial score (nSPS) is 11.0. The largest absolute Gasteiger partial charge is 0.710 e. The van der Waals surface area contributed by atoms with E-state index in [2.05, 4.69) is 5.32 Å². The van der Waals surface area contributed by atoms with Crippen LogP contribution in [0.5, 0.6) is 0 Å². The summed E-state index contributed by atoms with van der Waals surface area (Å²) in [6.45, 7) is 1.38. The van der Waals surface area contributed by atoms with Crippen molar-refractivity contribution in [1.29, 1.82) is 0 Å². The first-order valence-corrected chi connectivity index (χ1v) is 7.41. The predicted octanol–water partition coefficient (Wildman–Crippen LogP) is 3.74. The van der Waals surface area contributed by atoms with Crippen LogP contribution in [0.3, 0.4) is 0 Å². The Morgan fingerprint density at radius 3 is 2.08 bits per heavy atom. The van der Waals surface area contributed by atoms with Crippen LogP contribution in [0.4, 0.5) is 20.3 Å². The molecule has 0 bridgehead atoms. The van der Waals surface area contributed by atoms with Crippen molar-refractivity contribution in [3.63, 3.8) is 0 Å². The molecule has 0 saturated heterocycles. The van der Waals surface area contributed by atoms with Crippen LogP contribution in [0, 0.1) is 29.0 Å². The van der Waals surface area contributed by atoms with Gasteiger partial charge in [0, 0.05) is 19.1 Å². The molecule has 3 aromatic rings. The zero-order valence-electron chi connectivity index (χ0n) is 12.1. The Labute approximate surface area is 144 Å². The monoisotopic (exact) mass is 371 g/mol. The van der Waals surface area contributed by atoms with Crippen LogP contribution >= 0.6 is 23.2 Å². The molecule has 0 amide bonds. The Balaban J connectivity index is 2.20. The van der Waals surface area contributed by atoms with Gasteiger partial charge in [-0.05, 0) is 12.1 Å². The van der Waals surface area contributed by atoms with Gasteiger partial charge < -0.3 is 10.4 Å². The number of nitrogens with zero attached hydrogens (tertiary/aromatic N) is 2. The van der Waals surface area contributed by atoms with E-state index in [1.807, 2.05) is 0 Å². The van der Waals surface area contributed by atoms with Crippen molar-refractivity contribution in [2.45, 2.75) is 6.92 Å². The molecule has 2 aromatic carbocycles. The van der Waals surface area contributed by atoms with E-state index in [4.69, 9.17) is 23.2 Å². The molecule has 0 radical (unpaired) electrons. The molecular weight excluding hydrogens is 363 g/mol. The SMILES string of the molecule is Cc1c(Nc2ccc(Cl)c(Cl)c2)[n+]([O-])c2cc(F)c(F)cc2[n+]1[O-]. The van der Waals surface area contributed by atoms with E-state index in [1.165, 1.54) is 19.1 Å². The fourth-order valence-electron chi connectivity index (χ4n) is 2.25. The van der Waals surface area contributed by atoms with Crippen LogP contribution in [0.2, 0.25) is 10.0 Å². The Kier molecular flexibility index (Phi) is 4.06. The molecule has 1 aromatic heterocycles. The van der Waals surface area contributed by atoms with Crippen molar-refractivity contribution in [1.82, 2.24) is 0 Å². The van der Waals surface area contributed by atoms with Gasteiger partial charge in [-0.3, -0.25) is 0 Å². The Hall–Kier alpha value is -2.38. The smallest absolute Gasteiger partial charge is 0.352 e. The van der Waals surface area contributed by atoms with Gasteiger partial charge in [0.2, 0.25) is 5.52 Å². The number of aromatic nitrogens is 2. The minimum absolute atomic E-state index is 0.0189. The number of hydrogen-bond donors (Lipinski definition) is 1. The third-order valence-corrected chi connectivity index (χ3v) is 4.23. The van der Waals surface area contributed by atoms with Crippen molar-refractivity contribution in [3.8, 4) is 0 Å². The molecule has 0 saturated carbocycles. The third-order valence-electron chi connectivity index (χ3n) is 3.49. The molecule has 0 unspecified atom stereocenters. The summed E-state index contributed by atoms with van der Waals surface area (Å²) in [5.74, 6) is -2.57. The van der Waals surface area contributed by atoms with Gasteiger partial charge in [0.25, 0.3) is 11.2 Å². The van der Waals surface area contributed by atoms with E-state index in [0.29, 0.717) is 32.3 Å². The molecule has 5 nitrogen and oxygen atoms in total. The van der Waals surface area contributed by atoms with Crippen LogP contribution in [0.15, 0.2) is 30.3 Å². The van der Waals surface area contributed by atoms with Crippen LogP contribution in [-0.4, -0.2) is 0 Å². The predicted molar refractivity (Wildman–Crippen MR) is 86.3 cm³/mol. The summed E-state index contributed by atoms with van der Waals surface area (Å²) in [7, 11) is 0. The highest BCUT2D eigenvalue weighted by molar-refractivity contribution is 6.42. The van der Waals surface area contributed by atoms with Crippen molar-refractivity contribution in [3.05, 3.63) is 68.1 Å². The summed E-state index contributed by atoms with van der Waals surface area (Å²) in [6.07, 6.45) is 0. The molecule has 1 N–H and O–H groups in total. The summed E-state index contributed by atoms with van der Waals surface area (Å²) >= 11 is 11.7. The molecule has 124 valence electrons. The van der Waals surface area contributed by atoms with Crippen molar-refractivity contribution in [2.75, 3.05) is 5.32 Å². The molecule has 0 aliphatic carbocycles. The molecule has 3 rings (SSSR count). The number of rotatable bonds is 2. The Morgan fingerprint density at radius 2 is 1.50 bits per heavy atom. The summed E-state index contributed by atoms with van der Waals surface area (Å²) in [5, 5.41) is 28.1. The quantitative estimate of drug-likeness (QED) is 0.551. The van der Waals surface area contributed by atoms with Gasteiger partial charge in [-0.2, -0.15) is 4.73 Å². The van der Waals surface area contributed by atoms with Gasteiger partial charge in [-0.25, -0.2) is 18.8 Å². The number of halogens is 4. The van der Waals surface area contributed by atoms with Crippen molar-refractivity contribution < 1.29 is 18.2 Å². The fraction of sp³-hybridized carbons (Fsp3) is 0.0667. The molecule has 9 heteroatoms. The number of anilines is 2. The average molecular weight is 372 g/mol. The molecule has 0 spiro atoms. The Morgan fingerprint density at radius 1 is 0.917 bits per heavy atom. The zero-order chi connectivity index (χ0) is 17.6. The third kappa shape index (κ3) is 2.65. The maximum Gasteiger partial charge on any atom is 0.352 e. The highest BCUT2D eigenvalue weighted by atomic mass is 35.5. The average Bonchev–Trinajstić information content (AvgIpc) is 2.55. The van der Waals surface area contributed by atoms with Gasteiger partial charge >= 0.3 is 5.82 Å². The van der Waals surface area contributed by atoms with Gasteiger partial charge in [0.15, 0.2) is 11.6 Å². The highest BCUT2D eigenvalue weighted by Gasteiger charge is 2.25. The lowest BCUT2D eigenvalue weighted by Gasteiger charge is -2.14. The first-order valence-electron chi connectivity index (χ1n) is 6.66. The molecule has 0 atom stereocenters. The van der Waals surface area contributed by atoms with Crippen LogP contribution in [-0.2, 0) is 0 Å². The van der Waals surface area contributed by atoms with E-state index in [1.54, 1.807) is 6.07 Å². The second-order valence-electron chi connectivity index (χ2n) is 5.03. The van der Waals surface area contributed by atoms with Crippen LogP contribution in [0.25, 0.3) is 11.0 Å². The number of benzene rings is 2. The summed E-state index contributed by atoms with van der Waals surface area (Å²) < 4.78 is 27.4. The van der Waals surface area contributed by atoms with E-state index in [9.17, 15) is 19.2 Å². The lowest BCUT2D eigenvalue weighted by Crippen LogP contribution is -2.43.